The third-order valence-electron chi connectivity index (χ3n) is 5.22. The summed E-state index contributed by atoms with van der Waals surface area (Å²) in [5, 5.41) is 13.2. The Kier molecular flexibility index (Phi) is 5.67. The highest BCUT2D eigenvalue weighted by Gasteiger charge is 2.21. The Balaban J connectivity index is 1.88. The summed E-state index contributed by atoms with van der Waals surface area (Å²) in [6, 6.07) is 10.00. The summed E-state index contributed by atoms with van der Waals surface area (Å²) < 4.78 is 6.27. The van der Waals surface area contributed by atoms with Gasteiger partial charge in [0.15, 0.2) is 11.1 Å². The third-order valence-corrected chi connectivity index (χ3v) is 5.43. The van der Waals surface area contributed by atoms with Gasteiger partial charge in [-0.15, -0.1) is 0 Å². The van der Waals surface area contributed by atoms with E-state index in [4.69, 9.17) is 16.0 Å². The number of carboxylic acids is 1. The lowest BCUT2D eigenvalue weighted by Gasteiger charge is -2.19. The lowest BCUT2D eigenvalue weighted by atomic mass is 9.99. The summed E-state index contributed by atoms with van der Waals surface area (Å²) in [6.07, 6.45) is 3.30. The van der Waals surface area contributed by atoms with Gasteiger partial charge in [-0.3, -0.25) is 9.78 Å². The number of carboxylic acid groups (broad SMARTS) is 1. The van der Waals surface area contributed by atoms with Crippen LogP contribution in [0.4, 0.5) is 5.69 Å². The summed E-state index contributed by atoms with van der Waals surface area (Å²) in [4.78, 5) is 32.8. The third kappa shape index (κ3) is 3.94. The molecule has 0 aliphatic rings. The predicted octanol–water partition coefficient (Wildman–Crippen LogP) is 5.39. The SMILES string of the molecule is Cc1cc(C(C)Nc2ccc(Cl)nc2C(=O)O)c2oc(-c3cccnc3)c(C)c(=O)c2c1. The molecule has 0 bridgehead atoms. The van der Waals surface area contributed by atoms with E-state index in [1.807, 2.05) is 26.0 Å². The quantitative estimate of drug-likeness (QED) is 0.393. The van der Waals surface area contributed by atoms with Crippen molar-refractivity contribution in [2.24, 2.45) is 0 Å². The molecule has 32 heavy (non-hydrogen) atoms. The van der Waals surface area contributed by atoms with Crippen molar-refractivity contribution in [3.05, 3.63) is 86.6 Å². The molecule has 0 aliphatic carbocycles. The van der Waals surface area contributed by atoms with E-state index >= 15 is 0 Å². The highest BCUT2D eigenvalue weighted by molar-refractivity contribution is 6.29. The molecule has 0 amide bonds. The van der Waals surface area contributed by atoms with E-state index in [1.54, 1.807) is 37.5 Å². The summed E-state index contributed by atoms with van der Waals surface area (Å²) >= 11 is 5.86. The van der Waals surface area contributed by atoms with Gasteiger partial charge in [-0.2, -0.15) is 0 Å². The lowest BCUT2D eigenvalue weighted by Crippen LogP contribution is -2.14. The number of benzene rings is 1. The molecule has 8 heteroatoms. The fourth-order valence-corrected chi connectivity index (χ4v) is 3.83. The van der Waals surface area contributed by atoms with E-state index in [1.165, 1.54) is 6.07 Å². The second-order valence-electron chi connectivity index (χ2n) is 7.56. The van der Waals surface area contributed by atoms with Crippen molar-refractivity contribution >= 4 is 34.2 Å². The van der Waals surface area contributed by atoms with Gasteiger partial charge in [0, 0.05) is 29.1 Å². The van der Waals surface area contributed by atoms with Gasteiger partial charge in [-0.25, -0.2) is 9.78 Å². The Morgan fingerprint density at radius 3 is 2.69 bits per heavy atom. The van der Waals surface area contributed by atoms with Gasteiger partial charge in [0.05, 0.1) is 17.1 Å². The van der Waals surface area contributed by atoms with Crippen LogP contribution in [0.25, 0.3) is 22.3 Å². The van der Waals surface area contributed by atoms with E-state index in [0.29, 0.717) is 39.1 Å². The van der Waals surface area contributed by atoms with Gasteiger partial charge >= 0.3 is 5.97 Å². The van der Waals surface area contributed by atoms with Crippen LogP contribution in [-0.2, 0) is 0 Å². The first-order chi connectivity index (χ1) is 15.3. The number of aromatic nitrogens is 2. The number of anilines is 1. The number of carbonyl (C=O) groups is 1. The Morgan fingerprint density at radius 1 is 1.22 bits per heavy atom. The van der Waals surface area contributed by atoms with Crippen LogP contribution in [0, 0.1) is 13.8 Å². The maximum atomic E-state index is 13.2. The first-order valence-corrected chi connectivity index (χ1v) is 10.3. The monoisotopic (exact) mass is 449 g/mol. The molecule has 0 saturated heterocycles. The molecule has 1 atom stereocenters. The molecule has 1 aromatic carbocycles. The van der Waals surface area contributed by atoms with Crippen molar-refractivity contribution < 1.29 is 14.3 Å². The van der Waals surface area contributed by atoms with E-state index in [9.17, 15) is 14.7 Å². The van der Waals surface area contributed by atoms with Gasteiger partial charge in [-0.1, -0.05) is 17.7 Å². The van der Waals surface area contributed by atoms with E-state index < -0.39 is 12.0 Å². The predicted molar refractivity (Wildman–Crippen MR) is 123 cm³/mol. The van der Waals surface area contributed by atoms with Crippen LogP contribution >= 0.6 is 11.6 Å². The molecule has 0 aliphatic heterocycles. The van der Waals surface area contributed by atoms with Crippen molar-refractivity contribution in [3.63, 3.8) is 0 Å². The number of pyridine rings is 2. The highest BCUT2D eigenvalue weighted by Crippen LogP contribution is 2.32. The van der Waals surface area contributed by atoms with Crippen molar-refractivity contribution in [1.82, 2.24) is 9.97 Å². The summed E-state index contributed by atoms with van der Waals surface area (Å²) in [5.74, 6) is -0.746. The standard InChI is InChI=1S/C24H20ClN3O4/c1-12-9-16(14(3)27-18-6-7-19(25)28-20(18)24(30)31)23-17(10-12)21(29)13(2)22(32-23)15-5-4-8-26-11-15/h4-11,14,27H,1-3H3,(H,30,31). The molecular weight excluding hydrogens is 430 g/mol. The molecule has 4 rings (SSSR count). The number of fused-ring (bicyclic) bond motifs is 1. The van der Waals surface area contributed by atoms with Gasteiger partial charge in [0.2, 0.25) is 0 Å². The molecule has 2 N–H and O–H groups in total. The fraction of sp³-hybridized carbons (Fsp3) is 0.167. The molecule has 162 valence electrons. The Bertz CT molecular complexity index is 1400. The van der Waals surface area contributed by atoms with E-state index in [-0.39, 0.29) is 16.3 Å². The van der Waals surface area contributed by atoms with Crippen LogP contribution in [0.5, 0.6) is 0 Å². The number of halogens is 1. The average Bonchev–Trinajstić information content (AvgIpc) is 2.77. The number of nitrogens with one attached hydrogen (secondary N) is 1. The number of aromatic carboxylic acids is 1. The van der Waals surface area contributed by atoms with Crippen LogP contribution < -0.4 is 10.7 Å². The topological polar surface area (TPSA) is 105 Å². The van der Waals surface area contributed by atoms with Crippen LogP contribution in [0.2, 0.25) is 5.15 Å². The van der Waals surface area contributed by atoms with Crippen LogP contribution in [-0.4, -0.2) is 21.0 Å². The van der Waals surface area contributed by atoms with Crippen molar-refractivity contribution in [2.75, 3.05) is 5.32 Å². The zero-order valence-corrected chi connectivity index (χ0v) is 18.4. The Morgan fingerprint density at radius 2 is 2.00 bits per heavy atom. The number of hydrogen-bond acceptors (Lipinski definition) is 6. The largest absolute Gasteiger partial charge is 0.476 e. The van der Waals surface area contributed by atoms with Crippen LogP contribution in [0.15, 0.2) is 58.0 Å². The van der Waals surface area contributed by atoms with Crippen molar-refractivity contribution in [2.45, 2.75) is 26.8 Å². The minimum Gasteiger partial charge on any atom is -0.476 e. The number of rotatable bonds is 5. The Labute approximate surface area is 188 Å². The molecule has 0 fully saturated rings. The zero-order chi connectivity index (χ0) is 23.0. The maximum Gasteiger partial charge on any atom is 0.356 e. The minimum atomic E-state index is -1.20. The fourth-order valence-electron chi connectivity index (χ4n) is 3.69. The summed E-state index contributed by atoms with van der Waals surface area (Å²) in [5.41, 5.74) is 3.23. The molecule has 7 nitrogen and oxygen atoms in total. The Hall–Kier alpha value is -3.71. The summed E-state index contributed by atoms with van der Waals surface area (Å²) in [7, 11) is 0. The van der Waals surface area contributed by atoms with Gasteiger partial charge in [-0.05, 0) is 56.7 Å². The number of hydrogen-bond donors (Lipinski definition) is 2. The molecule has 1 unspecified atom stereocenters. The minimum absolute atomic E-state index is 0.0872. The molecule has 3 aromatic heterocycles. The average molecular weight is 450 g/mol. The van der Waals surface area contributed by atoms with Crippen LogP contribution in [0.1, 0.15) is 40.1 Å². The second-order valence-corrected chi connectivity index (χ2v) is 7.95. The summed E-state index contributed by atoms with van der Waals surface area (Å²) in [6.45, 7) is 5.49. The highest BCUT2D eigenvalue weighted by atomic mass is 35.5. The van der Waals surface area contributed by atoms with Crippen molar-refractivity contribution in [3.8, 4) is 11.3 Å². The zero-order valence-electron chi connectivity index (χ0n) is 17.6. The smallest absolute Gasteiger partial charge is 0.356 e. The molecule has 0 saturated carbocycles. The molecule has 0 radical (unpaired) electrons. The van der Waals surface area contributed by atoms with E-state index in [0.717, 1.165) is 5.56 Å². The number of nitrogens with zero attached hydrogens (tertiary/aromatic N) is 2. The first kappa shape index (κ1) is 21.5. The van der Waals surface area contributed by atoms with Gasteiger partial charge < -0.3 is 14.8 Å². The second kappa shape index (κ2) is 8.43. The first-order valence-electron chi connectivity index (χ1n) is 9.91. The van der Waals surface area contributed by atoms with Crippen molar-refractivity contribution in [1.29, 1.82) is 0 Å². The molecule has 4 aromatic rings. The normalized spacial score (nSPS) is 12.0. The number of aryl methyl sites for hydroxylation is 1. The lowest BCUT2D eigenvalue weighted by molar-refractivity contribution is 0.0691. The van der Waals surface area contributed by atoms with E-state index in [2.05, 4.69) is 15.3 Å². The molecule has 0 spiro atoms. The molecule has 3 heterocycles. The van der Waals surface area contributed by atoms with Gasteiger partial charge in [0.1, 0.15) is 16.5 Å². The van der Waals surface area contributed by atoms with Gasteiger partial charge in [0.25, 0.3) is 0 Å². The van der Waals surface area contributed by atoms with Crippen LogP contribution in [0.3, 0.4) is 0 Å². The molecular formula is C24H20ClN3O4. The maximum absolute atomic E-state index is 13.2.